The lowest BCUT2D eigenvalue weighted by Crippen LogP contribution is -2.04. The van der Waals surface area contributed by atoms with E-state index in [9.17, 15) is 9.59 Å². The van der Waals surface area contributed by atoms with Gasteiger partial charge in [-0.25, -0.2) is 0 Å². The van der Waals surface area contributed by atoms with Crippen LogP contribution in [-0.4, -0.2) is 12.8 Å². The smallest absolute Gasteiger partial charge is 0.294 e. The fraction of sp³-hybridized carbons (Fsp3) is 0.111. The lowest BCUT2D eigenvalue weighted by Gasteiger charge is -2.07. The van der Waals surface area contributed by atoms with Crippen LogP contribution in [0.5, 0.6) is 0 Å². The third kappa shape index (κ3) is 2.30. The van der Waals surface area contributed by atoms with Gasteiger partial charge in [-0.1, -0.05) is 12.1 Å². The van der Waals surface area contributed by atoms with E-state index in [-0.39, 0.29) is 6.47 Å². The summed E-state index contributed by atoms with van der Waals surface area (Å²) in [4.78, 5) is 20.4. The Morgan fingerprint density at radius 2 is 2.31 bits per heavy atom. The van der Waals surface area contributed by atoms with Gasteiger partial charge in [-0.05, 0) is 12.1 Å². The zero-order chi connectivity index (χ0) is 9.68. The second kappa shape index (κ2) is 4.25. The number of anilines is 1. The molecule has 2 N–H and O–H groups in total. The van der Waals surface area contributed by atoms with Gasteiger partial charge in [0.1, 0.15) is 0 Å². The number of hydrogen-bond donors (Lipinski definition) is 1. The molecule has 1 aromatic carbocycles. The fourth-order valence-electron chi connectivity index (χ4n) is 0.952. The molecule has 1 atom stereocenters. The summed E-state index contributed by atoms with van der Waals surface area (Å²) in [6, 6.07) is 6.53. The van der Waals surface area contributed by atoms with Crippen LogP contribution in [-0.2, 0) is 14.3 Å². The van der Waals surface area contributed by atoms with Crippen LogP contribution in [0.15, 0.2) is 24.3 Å². The normalized spacial score (nSPS) is 11.7. The van der Waals surface area contributed by atoms with Crippen LogP contribution in [0.1, 0.15) is 11.7 Å². The predicted molar refractivity (Wildman–Crippen MR) is 46.4 cm³/mol. The monoisotopic (exact) mass is 178 g/mol. The van der Waals surface area contributed by atoms with Crippen LogP contribution in [0.3, 0.4) is 0 Å². The maximum absolute atomic E-state index is 10.4. The number of nitrogen functional groups attached to an aromatic ring is 1. The average molecular weight is 178 g/mol. The molecule has 0 bridgehead atoms. The van der Waals surface area contributed by atoms with E-state index in [0.29, 0.717) is 11.3 Å². The molecule has 4 heteroatoms. The highest BCUT2D eigenvalue weighted by molar-refractivity contribution is 5.64. The molecule has 67 valence electrons. The van der Waals surface area contributed by atoms with E-state index in [4.69, 9.17) is 5.73 Å². The molecule has 4 nitrogen and oxygen atoms in total. The molecule has 0 aliphatic carbocycles. The maximum Gasteiger partial charge on any atom is 0.294 e. The number of hydrogen-bond acceptors (Lipinski definition) is 4. The fourth-order valence-corrected chi connectivity index (χ4v) is 0.952. The minimum Gasteiger partial charge on any atom is -0.451 e. The Labute approximate surface area is 75.3 Å². The van der Waals surface area contributed by atoms with Gasteiger partial charge in [0, 0.05) is 11.3 Å². The molecule has 0 aliphatic rings. The third-order valence-electron chi connectivity index (χ3n) is 1.51. The zero-order valence-corrected chi connectivity index (χ0v) is 6.77. The quantitative estimate of drug-likeness (QED) is 0.541. The number of nitrogens with two attached hydrogens (primary N) is 1. The second-order valence-electron chi connectivity index (χ2n) is 2.40. The Balaban J connectivity index is 2.90. The summed E-state index contributed by atoms with van der Waals surface area (Å²) in [5.41, 5.74) is 6.50. The predicted octanol–water partition coefficient (Wildman–Crippen LogP) is 0.593. The van der Waals surface area contributed by atoms with Gasteiger partial charge >= 0.3 is 0 Å². The molecule has 0 aromatic heterocycles. The summed E-state index contributed by atoms with van der Waals surface area (Å²) in [5.74, 6) is 0. The van der Waals surface area contributed by atoms with Gasteiger partial charge in [0.05, 0.1) is 0 Å². The number of rotatable bonds is 4. The summed E-state index contributed by atoms with van der Waals surface area (Å²) in [5, 5.41) is 0. The summed E-state index contributed by atoms with van der Waals surface area (Å²) in [7, 11) is 0. The van der Waals surface area contributed by atoms with Crippen molar-refractivity contribution in [3.63, 3.8) is 0 Å². The second-order valence-corrected chi connectivity index (χ2v) is 2.40. The average Bonchev–Trinajstić information content (AvgIpc) is 2.14. The van der Waals surface area contributed by atoms with Crippen molar-refractivity contribution in [3.05, 3.63) is 29.8 Å². The Morgan fingerprint density at radius 3 is 2.85 bits per heavy atom. The number of ether oxygens (including phenoxy) is 1. The largest absolute Gasteiger partial charge is 0.451 e. The molecule has 1 radical (unpaired) electrons. The molecule has 0 saturated carbocycles. The standard InChI is InChI=1S/C9H8NO3/c10-8-3-1-2-7(4-8)9(5-11)13-6-12/h1-4,6,9H,10H2. The highest BCUT2D eigenvalue weighted by atomic mass is 16.5. The van der Waals surface area contributed by atoms with Gasteiger partial charge in [-0.3, -0.25) is 9.59 Å². The van der Waals surface area contributed by atoms with Gasteiger partial charge < -0.3 is 10.5 Å². The lowest BCUT2D eigenvalue weighted by atomic mass is 10.1. The SMILES string of the molecule is Nc1cccc(C([C]=O)OC=O)c1. The number of carbonyl (C=O) groups excluding carboxylic acids is 2. The Kier molecular flexibility index (Phi) is 3.03. The van der Waals surface area contributed by atoms with Crippen molar-refractivity contribution in [2.75, 3.05) is 5.73 Å². The number of carbonyl (C=O) groups is 1. The molecular formula is C9H8NO3. The molecule has 0 saturated heterocycles. The zero-order valence-electron chi connectivity index (χ0n) is 6.77. The van der Waals surface area contributed by atoms with Gasteiger partial charge in [-0.2, -0.15) is 0 Å². The van der Waals surface area contributed by atoms with Crippen molar-refractivity contribution in [1.82, 2.24) is 0 Å². The first-order chi connectivity index (χ1) is 6.27. The first-order valence-electron chi connectivity index (χ1n) is 3.60. The minimum atomic E-state index is -0.985. The van der Waals surface area contributed by atoms with E-state index in [1.807, 2.05) is 0 Å². The lowest BCUT2D eigenvalue weighted by molar-refractivity contribution is -0.131. The molecule has 1 rings (SSSR count). The van der Waals surface area contributed by atoms with Crippen molar-refractivity contribution in [1.29, 1.82) is 0 Å². The summed E-state index contributed by atoms with van der Waals surface area (Å²) in [6.07, 6.45) is 0.602. The van der Waals surface area contributed by atoms with E-state index in [1.54, 1.807) is 30.6 Å². The van der Waals surface area contributed by atoms with Gasteiger partial charge in [0.15, 0.2) is 6.10 Å². The van der Waals surface area contributed by atoms with Crippen molar-refractivity contribution >= 4 is 18.4 Å². The van der Waals surface area contributed by atoms with Crippen LogP contribution < -0.4 is 5.73 Å². The highest BCUT2D eigenvalue weighted by Crippen LogP contribution is 2.16. The first-order valence-corrected chi connectivity index (χ1v) is 3.60. The summed E-state index contributed by atoms with van der Waals surface area (Å²) >= 11 is 0. The molecule has 0 spiro atoms. The van der Waals surface area contributed by atoms with Crippen LogP contribution >= 0.6 is 0 Å². The summed E-state index contributed by atoms with van der Waals surface area (Å²) in [6.45, 7) is 0.207. The van der Waals surface area contributed by atoms with Crippen LogP contribution in [0.4, 0.5) is 5.69 Å². The molecule has 0 heterocycles. The minimum absolute atomic E-state index is 0.207. The van der Waals surface area contributed by atoms with Crippen LogP contribution in [0, 0.1) is 0 Å². The van der Waals surface area contributed by atoms with Crippen molar-refractivity contribution in [2.45, 2.75) is 6.10 Å². The van der Waals surface area contributed by atoms with Gasteiger partial charge in [0.25, 0.3) is 6.47 Å². The first kappa shape index (κ1) is 9.25. The molecule has 0 aliphatic heterocycles. The molecule has 1 aromatic rings. The van der Waals surface area contributed by atoms with Crippen LogP contribution in [0.2, 0.25) is 0 Å². The number of benzene rings is 1. The van der Waals surface area contributed by atoms with E-state index in [1.165, 1.54) is 0 Å². The molecule has 1 unspecified atom stereocenters. The highest BCUT2D eigenvalue weighted by Gasteiger charge is 2.11. The van der Waals surface area contributed by atoms with Gasteiger partial charge in [0.2, 0.25) is 6.29 Å². The Morgan fingerprint density at radius 1 is 1.54 bits per heavy atom. The molecule has 0 amide bonds. The van der Waals surface area contributed by atoms with E-state index in [0.717, 1.165) is 0 Å². The van der Waals surface area contributed by atoms with Gasteiger partial charge in [-0.15, -0.1) is 0 Å². The Hall–Kier alpha value is -1.84. The molecule has 13 heavy (non-hydrogen) atoms. The van der Waals surface area contributed by atoms with E-state index < -0.39 is 6.10 Å². The third-order valence-corrected chi connectivity index (χ3v) is 1.51. The molecular weight excluding hydrogens is 170 g/mol. The van der Waals surface area contributed by atoms with Crippen molar-refractivity contribution < 1.29 is 14.3 Å². The Bertz CT molecular complexity index is 311. The van der Waals surface area contributed by atoms with Crippen molar-refractivity contribution in [3.8, 4) is 0 Å². The molecule has 0 fully saturated rings. The topological polar surface area (TPSA) is 69.4 Å². The van der Waals surface area contributed by atoms with E-state index >= 15 is 0 Å². The maximum atomic E-state index is 10.4. The van der Waals surface area contributed by atoms with Crippen molar-refractivity contribution in [2.24, 2.45) is 0 Å². The summed E-state index contributed by atoms with van der Waals surface area (Å²) < 4.78 is 4.47. The van der Waals surface area contributed by atoms with Crippen LogP contribution in [0.25, 0.3) is 0 Å². The van der Waals surface area contributed by atoms with E-state index in [2.05, 4.69) is 4.74 Å².